The monoisotopic (exact) mass is 283 g/mol. The molecule has 16 heavy (non-hydrogen) atoms. The first-order chi connectivity index (χ1) is 7.77. The van der Waals surface area contributed by atoms with E-state index in [0.29, 0.717) is 17.9 Å². The summed E-state index contributed by atoms with van der Waals surface area (Å²) in [6.07, 6.45) is 1.89. The molecule has 1 aromatic rings. The number of hydrogen-bond donors (Lipinski definition) is 0. The molecule has 86 valence electrons. The normalized spacial score (nSPS) is 9.81. The van der Waals surface area contributed by atoms with Gasteiger partial charge < -0.3 is 9.47 Å². The Morgan fingerprint density at radius 2 is 2.06 bits per heavy atom. The molecule has 0 heterocycles. The molecular weight excluding hydrogens is 270 g/mol. The fourth-order valence-corrected chi connectivity index (χ4v) is 1.61. The zero-order valence-electron chi connectivity index (χ0n) is 9.20. The number of halogens is 1. The minimum atomic E-state index is 0.557. The molecule has 0 amide bonds. The first-order valence-corrected chi connectivity index (χ1v) is 5.88. The molecule has 0 aromatic heterocycles. The van der Waals surface area contributed by atoms with Crippen LogP contribution in [0.4, 0.5) is 0 Å². The summed E-state index contributed by atoms with van der Waals surface area (Å²) in [5, 5.41) is 8.91. The van der Waals surface area contributed by atoms with Crippen molar-refractivity contribution in [2.75, 3.05) is 20.3 Å². The molecule has 0 aliphatic carbocycles. The molecule has 3 nitrogen and oxygen atoms in total. The zero-order chi connectivity index (χ0) is 11.8. The molecule has 0 fully saturated rings. The van der Waals surface area contributed by atoms with Crippen molar-refractivity contribution in [2.24, 2.45) is 0 Å². The molecule has 0 atom stereocenters. The van der Waals surface area contributed by atoms with Crippen molar-refractivity contribution in [3.05, 3.63) is 28.2 Å². The molecule has 0 saturated heterocycles. The molecule has 0 bridgehead atoms. The van der Waals surface area contributed by atoms with E-state index in [4.69, 9.17) is 14.7 Å². The van der Waals surface area contributed by atoms with Crippen molar-refractivity contribution in [3.63, 3.8) is 0 Å². The minimum Gasteiger partial charge on any atom is -0.492 e. The molecule has 0 N–H and O–H groups in total. The Balaban J connectivity index is 2.45. The number of hydrogen-bond acceptors (Lipinski definition) is 3. The quantitative estimate of drug-likeness (QED) is 0.754. The van der Waals surface area contributed by atoms with Crippen LogP contribution in [0.3, 0.4) is 0 Å². The van der Waals surface area contributed by atoms with E-state index in [-0.39, 0.29) is 0 Å². The van der Waals surface area contributed by atoms with Crippen LogP contribution in [0.2, 0.25) is 0 Å². The lowest BCUT2D eigenvalue weighted by Crippen LogP contribution is -2.00. The highest BCUT2D eigenvalue weighted by molar-refractivity contribution is 9.10. The number of benzene rings is 1. The molecule has 1 rings (SSSR count). The summed E-state index contributed by atoms with van der Waals surface area (Å²) in [6, 6.07) is 7.53. The topological polar surface area (TPSA) is 42.2 Å². The van der Waals surface area contributed by atoms with Gasteiger partial charge in [0.2, 0.25) is 0 Å². The molecule has 4 heteroatoms. The van der Waals surface area contributed by atoms with E-state index in [0.717, 1.165) is 23.9 Å². The van der Waals surface area contributed by atoms with Crippen LogP contribution in [0.1, 0.15) is 18.4 Å². The lowest BCUT2D eigenvalue weighted by Gasteiger charge is -2.07. The summed E-state index contributed by atoms with van der Waals surface area (Å²) in [5.74, 6) is 0.642. The van der Waals surface area contributed by atoms with Crippen LogP contribution in [0.25, 0.3) is 0 Å². The second-order valence-corrected chi connectivity index (χ2v) is 4.22. The standard InChI is InChI=1S/C12H14BrNO2/c1-15-6-2-3-7-16-12-5-4-11(13)8-10(12)9-14/h4-5,8H,2-3,6-7H2,1H3. The van der Waals surface area contributed by atoms with Crippen molar-refractivity contribution >= 4 is 15.9 Å². The molecule has 0 radical (unpaired) electrons. The fraction of sp³-hybridized carbons (Fsp3) is 0.417. The summed E-state index contributed by atoms with van der Waals surface area (Å²) in [6.45, 7) is 1.36. The number of nitriles is 1. The minimum absolute atomic E-state index is 0.557. The Bertz CT molecular complexity index is 374. The Morgan fingerprint density at radius 1 is 1.31 bits per heavy atom. The van der Waals surface area contributed by atoms with Gasteiger partial charge in [-0.05, 0) is 31.0 Å². The number of nitrogens with zero attached hydrogens (tertiary/aromatic N) is 1. The summed E-state index contributed by atoms with van der Waals surface area (Å²) in [5.41, 5.74) is 0.557. The van der Waals surface area contributed by atoms with Crippen LogP contribution in [-0.2, 0) is 4.74 Å². The van der Waals surface area contributed by atoms with Gasteiger partial charge in [0.25, 0.3) is 0 Å². The summed E-state index contributed by atoms with van der Waals surface area (Å²) in [4.78, 5) is 0. The van der Waals surface area contributed by atoms with Crippen LogP contribution in [0, 0.1) is 11.3 Å². The average molecular weight is 284 g/mol. The highest BCUT2D eigenvalue weighted by Gasteiger charge is 2.03. The van der Waals surface area contributed by atoms with Gasteiger partial charge in [0.05, 0.1) is 12.2 Å². The summed E-state index contributed by atoms with van der Waals surface area (Å²) < 4.78 is 11.4. The average Bonchev–Trinajstić information content (AvgIpc) is 2.30. The lowest BCUT2D eigenvalue weighted by atomic mass is 10.2. The number of rotatable bonds is 6. The smallest absolute Gasteiger partial charge is 0.137 e. The van der Waals surface area contributed by atoms with Crippen LogP contribution in [-0.4, -0.2) is 20.3 Å². The maximum absolute atomic E-state index is 8.91. The zero-order valence-corrected chi connectivity index (χ0v) is 10.8. The molecule has 1 aromatic carbocycles. The van der Waals surface area contributed by atoms with Gasteiger partial charge in [-0.15, -0.1) is 0 Å². The van der Waals surface area contributed by atoms with E-state index in [1.54, 1.807) is 19.2 Å². The molecule has 0 saturated carbocycles. The van der Waals surface area contributed by atoms with E-state index < -0.39 is 0 Å². The Labute approximate surface area is 104 Å². The molecule has 0 unspecified atom stereocenters. The lowest BCUT2D eigenvalue weighted by molar-refractivity contribution is 0.184. The van der Waals surface area contributed by atoms with Gasteiger partial charge in [-0.25, -0.2) is 0 Å². The predicted molar refractivity (Wildman–Crippen MR) is 65.5 cm³/mol. The van der Waals surface area contributed by atoms with Gasteiger partial charge >= 0.3 is 0 Å². The fourth-order valence-electron chi connectivity index (χ4n) is 1.25. The van der Waals surface area contributed by atoms with E-state index in [1.807, 2.05) is 6.07 Å². The van der Waals surface area contributed by atoms with E-state index in [1.165, 1.54) is 0 Å². The first-order valence-electron chi connectivity index (χ1n) is 5.09. The van der Waals surface area contributed by atoms with E-state index in [9.17, 15) is 0 Å². The Hall–Kier alpha value is -1.05. The van der Waals surface area contributed by atoms with Crippen molar-refractivity contribution in [2.45, 2.75) is 12.8 Å². The molecule has 0 aliphatic heterocycles. The van der Waals surface area contributed by atoms with Gasteiger partial charge in [-0.1, -0.05) is 15.9 Å². The van der Waals surface area contributed by atoms with Gasteiger partial charge in [0.15, 0.2) is 0 Å². The van der Waals surface area contributed by atoms with Gasteiger partial charge in [0, 0.05) is 18.2 Å². The third kappa shape index (κ3) is 4.21. The first kappa shape index (κ1) is 13.0. The SMILES string of the molecule is COCCCCOc1ccc(Br)cc1C#N. The van der Waals surface area contributed by atoms with Crippen LogP contribution < -0.4 is 4.74 Å². The number of methoxy groups -OCH3 is 1. The van der Waals surface area contributed by atoms with Crippen molar-refractivity contribution in [1.29, 1.82) is 5.26 Å². The van der Waals surface area contributed by atoms with Gasteiger partial charge in [0.1, 0.15) is 11.8 Å². The Morgan fingerprint density at radius 3 is 2.75 bits per heavy atom. The van der Waals surface area contributed by atoms with E-state index >= 15 is 0 Å². The van der Waals surface area contributed by atoms with Crippen molar-refractivity contribution < 1.29 is 9.47 Å². The van der Waals surface area contributed by atoms with Gasteiger partial charge in [-0.3, -0.25) is 0 Å². The summed E-state index contributed by atoms with van der Waals surface area (Å²) >= 11 is 3.32. The second kappa shape index (κ2) is 7.26. The van der Waals surface area contributed by atoms with Crippen molar-refractivity contribution in [3.8, 4) is 11.8 Å². The summed E-state index contributed by atoms with van der Waals surface area (Å²) in [7, 11) is 1.68. The van der Waals surface area contributed by atoms with Crippen molar-refractivity contribution in [1.82, 2.24) is 0 Å². The molecule has 0 spiro atoms. The maximum Gasteiger partial charge on any atom is 0.137 e. The van der Waals surface area contributed by atoms with Crippen LogP contribution >= 0.6 is 15.9 Å². The Kier molecular flexibility index (Phi) is 5.91. The highest BCUT2D eigenvalue weighted by Crippen LogP contribution is 2.22. The second-order valence-electron chi connectivity index (χ2n) is 3.30. The third-order valence-electron chi connectivity index (χ3n) is 2.06. The van der Waals surface area contributed by atoms with Crippen LogP contribution in [0.5, 0.6) is 5.75 Å². The highest BCUT2D eigenvalue weighted by atomic mass is 79.9. The largest absolute Gasteiger partial charge is 0.492 e. The molecule has 0 aliphatic rings. The maximum atomic E-state index is 8.91. The number of unbranched alkanes of at least 4 members (excludes halogenated alkanes) is 1. The third-order valence-corrected chi connectivity index (χ3v) is 2.56. The van der Waals surface area contributed by atoms with Gasteiger partial charge in [-0.2, -0.15) is 5.26 Å². The van der Waals surface area contributed by atoms with E-state index in [2.05, 4.69) is 22.0 Å². The van der Waals surface area contributed by atoms with Crippen LogP contribution in [0.15, 0.2) is 22.7 Å². The predicted octanol–water partition coefficient (Wildman–Crippen LogP) is 3.13. The molecular formula is C12H14BrNO2. The number of ether oxygens (including phenoxy) is 2.